The van der Waals surface area contributed by atoms with Gasteiger partial charge in [0, 0.05) is 25.5 Å². The summed E-state index contributed by atoms with van der Waals surface area (Å²) in [7, 11) is 0. The lowest BCUT2D eigenvalue weighted by Crippen LogP contribution is -2.39. The van der Waals surface area contributed by atoms with Crippen molar-refractivity contribution in [3.63, 3.8) is 0 Å². The first kappa shape index (κ1) is 13.5. The van der Waals surface area contributed by atoms with Gasteiger partial charge in [-0.1, -0.05) is 6.92 Å². The number of pyridine rings is 1. The Labute approximate surface area is 111 Å². The van der Waals surface area contributed by atoms with Crippen LogP contribution in [0.5, 0.6) is 0 Å². The van der Waals surface area contributed by atoms with E-state index in [1.165, 1.54) is 44.5 Å². The summed E-state index contributed by atoms with van der Waals surface area (Å²) in [5.74, 6) is 0.826. The lowest BCUT2D eigenvalue weighted by atomic mass is 9.97. The molecule has 1 fully saturated rings. The highest BCUT2D eigenvalue weighted by Crippen LogP contribution is 2.17. The van der Waals surface area contributed by atoms with Gasteiger partial charge in [0.05, 0.1) is 0 Å². The fourth-order valence-electron chi connectivity index (χ4n) is 2.69. The quantitative estimate of drug-likeness (QED) is 0.782. The van der Waals surface area contributed by atoms with E-state index in [1.54, 1.807) is 0 Å². The van der Waals surface area contributed by atoms with Crippen LogP contribution in [0, 0.1) is 5.92 Å². The molecule has 18 heavy (non-hydrogen) atoms. The minimum atomic E-state index is 0.826. The van der Waals surface area contributed by atoms with Crippen molar-refractivity contribution in [2.24, 2.45) is 5.92 Å². The highest BCUT2D eigenvalue weighted by molar-refractivity contribution is 5.09. The van der Waals surface area contributed by atoms with Crippen LogP contribution in [-0.4, -0.2) is 36.1 Å². The molecule has 1 aliphatic rings. The van der Waals surface area contributed by atoms with Gasteiger partial charge in [0.1, 0.15) is 0 Å². The van der Waals surface area contributed by atoms with Crippen LogP contribution >= 0.6 is 0 Å². The third kappa shape index (κ3) is 4.39. The van der Waals surface area contributed by atoms with Crippen molar-refractivity contribution in [1.29, 1.82) is 0 Å². The molecule has 0 spiro atoms. The van der Waals surface area contributed by atoms with Crippen molar-refractivity contribution >= 4 is 0 Å². The van der Waals surface area contributed by atoms with Crippen molar-refractivity contribution in [2.45, 2.75) is 32.7 Å². The monoisotopic (exact) mass is 247 g/mol. The number of piperidine rings is 1. The largest absolute Gasteiger partial charge is 0.316 e. The summed E-state index contributed by atoms with van der Waals surface area (Å²) in [6.07, 6.45) is 7.72. The molecule has 1 aromatic heterocycles. The molecule has 1 aromatic rings. The van der Waals surface area contributed by atoms with E-state index in [0.717, 1.165) is 19.0 Å². The van der Waals surface area contributed by atoms with E-state index >= 15 is 0 Å². The Morgan fingerprint density at radius 3 is 3.00 bits per heavy atom. The van der Waals surface area contributed by atoms with Gasteiger partial charge in [0.2, 0.25) is 0 Å². The second-order valence-electron chi connectivity index (χ2n) is 5.30. The number of aromatic nitrogens is 1. The van der Waals surface area contributed by atoms with Gasteiger partial charge in [-0.05, 0) is 62.5 Å². The zero-order valence-corrected chi connectivity index (χ0v) is 11.4. The van der Waals surface area contributed by atoms with E-state index in [2.05, 4.69) is 34.3 Å². The fraction of sp³-hybridized carbons (Fsp3) is 0.667. The summed E-state index contributed by atoms with van der Waals surface area (Å²) in [5, 5.41) is 3.55. The van der Waals surface area contributed by atoms with E-state index < -0.39 is 0 Å². The van der Waals surface area contributed by atoms with Crippen molar-refractivity contribution in [2.75, 3.05) is 26.2 Å². The molecule has 1 atom stereocenters. The van der Waals surface area contributed by atoms with Crippen molar-refractivity contribution in [3.05, 3.63) is 30.1 Å². The molecule has 1 N–H and O–H groups in total. The van der Waals surface area contributed by atoms with Gasteiger partial charge < -0.3 is 5.32 Å². The van der Waals surface area contributed by atoms with E-state index in [-0.39, 0.29) is 0 Å². The first-order chi connectivity index (χ1) is 8.88. The Kier molecular flexibility index (Phi) is 5.62. The standard InChI is InChI=1S/C15H25N3/c1-2-7-17-11-15-4-3-10-18(13-15)12-14-5-8-16-9-6-14/h5-6,8-9,15,17H,2-4,7,10-13H2,1H3. The van der Waals surface area contributed by atoms with Gasteiger partial charge in [-0.15, -0.1) is 0 Å². The topological polar surface area (TPSA) is 28.2 Å². The molecule has 2 heterocycles. The molecular formula is C15H25N3. The number of rotatable bonds is 6. The molecule has 0 radical (unpaired) electrons. The predicted molar refractivity (Wildman–Crippen MR) is 75.4 cm³/mol. The number of likely N-dealkylation sites (tertiary alicyclic amines) is 1. The molecule has 1 unspecified atom stereocenters. The van der Waals surface area contributed by atoms with Crippen molar-refractivity contribution in [1.82, 2.24) is 15.2 Å². The molecule has 100 valence electrons. The molecule has 1 saturated heterocycles. The van der Waals surface area contributed by atoms with Crippen LogP contribution in [0.3, 0.4) is 0 Å². The van der Waals surface area contributed by atoms with Gasteiger partial charge in [-0.2, -0.15) is 0 Å². The molecule has 0 amide bonds. The van der Waals surface area contributed by atoms with Crippen molar-refractivity contribution in [3.8, 4) is 0 Å². The van der Waals surface area contributed by atoms with Gasteiger partial charge in [0.25, 0.3) is 0 Å². The Morgan fingerprint density at radius 2 is 2.22 bits per heavy atom. The number of hydrogen-bond donors (Lipinski definition) is 1. The zero-order chi connectivity index (χ0) is 12.6. The number of nitrogens with one attached hydrogen (secondary N) is 1. The number of hydrogen-bond acceptors (Lipinski definition) is 3. The van der Waals surface area contributed by atoms with Gasteiger partial charge in [-0.3, -0.25) is 9.88 Å². The molecule has 1 aliphatic heterocycles. The maximum absolute atomic E-state index is 4.07. The van der Waals surface area contributed by atoms with E-state index in [0.29, 0.717) is 0 Å². The second-order valence-corrected chi connectivity index (χ2v) is 5.30. The zero-order valence-electron chi connectivity index (χ0n) is 11.4. The normalized spacial score (nSPS) is 21.1. The molecule has 0 bridgehead atoms. The average Bonchev–Trinajstić information content (AvgIpc) is 2.41. The first-order valence-corrected chi connectivity index (χ1v) is 7.20. The fourth-order valence-corrected chi connectivity index (χ4v) is 2.69. The third-order valence-electron chi connectivity index (χ3n) is 3.62. The van der Waals surface area contributed by atoms with Gasteiger partial charge >= 0.3 is 0 Å². The Hall–Kier alpha value is -0.930. The maximum Gasteiger partial charge on any atom is 0.0271 e. The summed E-state index contributed by atoms with van der Waals surface area (Å²) in [6.45, 7) is 8.11. The van der Waals surface area contributed by atoms with Gasteiger partial charge in [-0.25, -0.2) is 0 Å². The van der Waals surface area contributed by atoms with Crippen LogP contribution in [0.4, 0.5) is 0 Å². The first-order valence-electron chi connectivity index (χ1n) is 7.20. The van der Waals surface area contributed by atoms with Crippen LogP contribution in [0.1, 0.15) is 31.7 Å². The third-order valence-corrected chi connectivity index (χ3v) is 3.62. The van der Waals surface area contributed by atoms with E-state index in [1.807, 2.05) is 12.4 Å². The lowest BCUT2D eigenvalue weighted by molar-refractivity contribution is 0.165. The number of nitrogens with zero attached hydrogens (tertiary/aromatic N) is 2. The second kappa shape index (κ2) is 7.49. The van der Waals surface area contributed by atoms with Crippen molar-refractivity contribution < 1.29 is 0 Å². The molecule has 0 aliphatic carbocycles. The summed E-state index contributed by atoms with van der Waals surface area (Å²) < 4.78 is 0. The highest BCUT2D eigenvalue weighted by atomic mass is 15.1. The Balaban J connectivity index is 1.76. The molecule has 2 rings (SSSR count). The van der Waals surface area contributed by atoms with Crippen LogP contribution in [0.2, 0.25) is 0 Å². The Morgan fingerprint density at radius 1 is 1.39 bits per heavy atom. The lowest BCUT2D eigenvalue weighted by Gasteiger charge is -2.32. The van der Waals surface area contributed by atoms with Crippen LogP contribution < -0.4 is 5.32 Å². The molecule has 3 heteroatoms. The molecular weight excluding hydrogens is 222 g/mol. The highest BCUT2D eigenvalue weighted by Gasteiger charge is 2.19. The summed E-state index contributed by atoms with van der Waals surface area (Å²) in [4.78, 5) is 6.66. The molecule has 0 aromatic carbocycles. The van der Waals surface area contributed by atoms with Gasteiger partial charge in [0.15, 0.2) is 0 Å². The van der Waals surface area contributed by atoms with E-state index in [4.69, 9.17) is 0 Å². The molecule has 0 saturated carbocycles. The average molecular weight is 247 g/mol. The smallest absolute Gasteiger partial charge is 0.0271 e. The van der Waals surface area contributed by atoms with Crippen LogP contribution in [0.15, 0.2) is 24.5 Å². The van der Waals surface area contributed by atoms with Crippen LogP contribution in [-0.2, 0) is 6.54 Å². The maximum atomic E-state index is 4.07. The van der Waals surface area contributed by atoms with Crippen LogP contribution in [0.25, 0.3) is 0 Å². The Bertz CT molecular complexity index is 326. The minimum Gasteiger partial charge on any atom is -0.316 e. The SMILES string of the molecule is CCCNCC1CCCN(Cc2ccncc2)C1. The van der Waals surface area contributed by atoms with E-state index in [9.17, 15) is 0 Å². The minimum absolute atomic E-state index is 0.826. The molecule has 3 nitrogen and oxygen atoms in total. The summed E-state index contributed by atoms with van der Waals surface area (Å²) >= 11 is 0. The predicted octanol–water partition coefficient (Wildman–Crippen LogP) is 2.29. The summed E-state index contributed by atoms with van der Waals surface area (Å²) in [6, 6.07) is 4.25. The summed E-state index contributed by atoms with van der Waals surface area (Å²) in [5.41, 5.74) is 1.38.